The number of benzene rings is 1. The Morgan fingerprint density at radius 1 is 1.12 bits per heavy atom. The van der Waals surface area contributed by atoms with Crippen LogP contribution in [0, 0.1) is 0 Å². The van der Waals surface area contributed by atoms with Crippen molar-refractivity contribution in [1.82, 2.24) is 4.90 Å². The summed E-state index contributed by atoms with van der Waals surface area (Å²) in [6.45, 7) is -0.410. The molecule has 24 heavy (non-hydrogen) atoms. The second-order valence-electron chi connectivity index (χ2n) is 5.00. The van der Waals surface area contributed by atoms with E-state index < -0.39 is 18.5 Å². The summed E-state index contributed by atoms with van der Waals surface area (Å²) in [5.74, 6) is -1.21. The molecule has 0 aliphatic rings. The summed E-state index contributed by atoms with van der Waals surface area (Å²) in [4.78, 5) is 37.1. The van der Waals surface area contributed by atoms with E-state index in [0.717, 1.165) is 11.3 Å². The first-order chi connectivity index (χ1) is 11.4. The topological polar surface area (TPSA) is 75.7 Å². The lowest BCUT2D eigenvalue weighted by molar-refractivity contribution is -0.119. The molecular formula is C16H15ClN2O4S. The van der Waals surface area contributed by atoms with Crippen LogP contribution in [-0.4, -0.2) is 43.4 Å². The monoisotopic (exact) mass is 366 g/mol. The lowest BCUT2D eigenvalue weighted by Crippen LogP contribution is -2.22. The number of anilines is 1. The molecule has 6 nitrogen and oxygen atoms in total. The van der Waals surface area contributed by atoms with Gasteiger partial charge in [-0.1, -0.05) is 11.6 Å². The van der Waals surface area contributed by atoms with Crippen LogP contribution in [0.5, 0.6) is 0 Å². The van der Waals surface area contributed by atoms with Crippen LogP contribution in [0.1, 0.15) is 20.0 Å². The summed E-state index contributed by atoms with van der Waals surface area (Å²) in [6.07, 6.45) is 0. The standard InChI is InChI=1S/C16H15ClN2O4S/c1-19(2)15(21)10-3-5-11(6-4-10)18-14(20)9-23-16(22)12-7-8-13(17)24-12/h3-8H,9H2,1-2H3,(H,18,20). The smallest absolute Gasteiger partial charge is 0.348 e. The van der Waals surface area contributed by atoms with Crippen LogP contribution in [0.2, 0.25) is 4.34 Å². The van der Waals surface area contributed by atoms with E-state index in [-0.39, 0.29) is 5.91 Å². The Morgan fingerprint density at radius 2 is 1.79 bits per heavy atom. The number of thiophene rings is 1. The minimum Gasteiger partial charge on any atom is -0.451 e. The summed E-state index contributed by atoms with van der Waals surface area (Å²) < 4.78 is 5.38. The predicted octanol–water partition coefficient (Wildman–Crippen LogP) is 2.90. The third-order valence-electron chi connectivity index (χ3n) is 2.93. The number of hydrogen-bond donors (Lipinski definition) is 1. The average Bonchev–Trinajstić information content (AvgIpc) is 2.99. The highest BCUT2D eigenvalue weighted by molar-refractivity contribution is 7.17. The molecule has 126 valence electrons. The van der Waals surface area contributed by atoms with E-state index in [1.54, 1.807) is 44.4 Å². The largest absolute Gasteiger partial charge is 0.451 e. The normalized spacial score (nSPS) is 10.1. The van der Waals surface area contributed by atoms with Crippen LogP contribution in [0.3, 0.4) is 0 Å². The van der Waals surface area contributed by atoms with E-state index in [4.69, 9.17) is 16.3 Å². The molecule has 0 bridgehead atoms. The Labute approximate surface area is 148 Å². The van der Waals surface area contributed by atoms with E-state index in [2.05, 4.69) is 5.32 Å². The molecule has 1 heterocycles. The summed E-state index contributed by atoms with van der Waals surface area (Å²) in [6, 6.07) is 9.55. The third kappa shape index (κ3) is 4.81. The zero-order valence-electron chi connectivity index (χ0n) is 13.0. The zero-order valence-corrected chi connectivity index (χ0v) is 14.6. The van der Waals surface area contributed by atoms with Gasteiger partial charge in [0.05, 0.1) is 4.34 Å². The Morgan fingerprint density at radius 3 is 2.33 bits per heavy atom. The van der Waals surface area contributed by atoms with Gasteiger partial charge in [0.25, 0.3) is 11.8 Å². The molecule has 1 aromatic heterocycles. The van der Waals surface area contributed by atoms with Gasteiger partial charge in [0.15, 0.2) is 6.61 Å². The first-order valence-electron chi connectivity index (χ1n) is 6.91. The average molecular weight is 367 g/mol. The van der Waals surface area contributed by atoms with Gasteiger partial charge < -0.3 is 15.0 Å². The summed E-state index contributed by atoms with van der Waals surface area (Å²) in [5, 5.41) is 2.59. The molecule has 0 saturated carbocycles. The van der Waals surface area contributed by atoms with Crippen molar-refractivity contribution in [2.75, 3.05) is 26.0 Å². The fourth-order valence-electron chi connectivity index (χ4n) is 1.78. The third-order valence-corrected chi connectivity index (χ3v) is 4.14. The maximum absolute atomic E-state index is 11.8. The molecule has 0 aliphatic heterocycles. The molecule has 2 rings (SSSR count). The molecule has 0 unspecified atom stereocenters. The van der Waals surface area contributed by atoms with Crippen LogP contribution in [0.25, 0.3) is 0 Å². The van der Waals surface area contributed by atoms with Crippen molar-refractivity contribution in [1.29, 1.82) is 0 Å². The minimum absolute atomic E-state index is 0.128. The molecule has 0 atom stereocenters. The molecule has 0 spiro atoms. The molecule has 8 heteroatoms. The van der Waals surface area contributed by atoms with E-state index in [1.165, 1.54) is 11.0 Å². The number of rotatable bonds is 5. The van der Waals surface area contributed by atoms with Crippen LogP contribution >= 0.6 is 22.9 Å². The molecule has 2 aromatic rings. The van der Waals surface area contributed by atoms with Gasteiger partial charge in [0.2, 0.25) is 0 Å². The van der Waals surface area contributed by atoms with Gasteiger partial charge in [0, 0.05) is 25.3 Å². The first kappa shape index (κ1) is 18.0. The number of halogens is 1. The van der Waals surface area contributed by atoms with Crippen molar-refractivity contribution < 1.29 is 19.1 Å². The van der Waals surface area contributed by atoms with Crippen molar-refractivity contribution in [2.24, 2.45) is 0 Å². The number of carbonyl (C=O) groups is 3. The predicted molar refractivity (Wildman–Crippen MR) is 92.7 cm³/mol. The highest BCUT2D eigenvalue weighted by atomic mass is 35.5. The molecule has 1 N–H and O–H groups in total. The van der Waals surface area contributed by atoms with Crippen LogP contribution < -0.4 is 5.32 Å². The quantitative estimate of drug-likeness (QED) is 0.825. The summed E-state index contributed by atoms with van der Waals surface area (Å²) in [7, 11) is 3.32. The lowest BCUT2D eigenvalue weighted by Gasteiger charge is -2.11. The molecular weight excluding hydrogens is 352 g/mol. The Bertz CT molecular complexity index is 756. The molecule has 0 radical (unpaired) electrons. The fraction of sp³-hybridized carbons (Fsp3) is 0.188. The van der Waals surface area contributed by atoms with Gasteiger partial charge in [-0.25, -0.2) is 4.79 Å². The first-order valence-corrected chi connectivity index (χ1v) is 8.10. The maximum atomic E-state index is 11.8. The SMILES string of the molecule is CN(C)C(=O)c1ccc(NC(=O)COC(=O)c2ccc(Cl)s2)cc1. The Balaban J connectivity index is 1.86. The number of amides is 2. The Kier molecular flexibility index (Phi) is 5.94. The van der Waals surface area contributed by atoms with E-state index in [1.807, 2.05) is 0 Å². The van der Waals surface area contributed by atoms with Crippen molar-refractivity contribution in [3.05, 3.63) is 51.2 Å². The minimum atomic E-state index is -0.603. The van der Waals surface area contributed by atoms with Gasteiger partial charge >= 0.3 is 5.97 Å². The van der Waals surface area contributed by atoms with Crippen molar-refractivity contribution in [2.45, 2.75) is 0 Å². The van der Waals surface area contributed by atoms with Gasteiger partial charge in [-0.2, -0.15) is 0 Å². The molecule has 0 fully saturated rings. The highest BCUT2D eigenvalue weighted by Crippen LogP contribution is 2.22. The number of carbonyl (C=O) groups excluding carboxylic acids is 3. The second kappa shape index (κ2) is 7.94. The molecule has 0 saturated heterocycles. The van der Waals surface area contributed by atoms with Gasteiger partial charge in [-0.3, -0.25) is 9.59 Å². The van der Waals surface area contributed by atoms with E-state index in [0.29, 0.717) is 20.5 Å². The van der Waals surface area contributed by atoms with E-state index in [9.17, 15) is 14.4 Å². The fourth-order valence-corrected chi connectivity index (χ4v) is 2.71. The second-order valence-corrected chi connectivity index (χ2v) is 6.72. The van der Waals surface area contributed by atoms with Crippen LogP contribution in [0.4, 0.5) is 5.69 Å². The van der Waals surface area contributed by atoms with Crippen LogP contribution in [0.15, 0.2) is 36.4 Å². The van der Waals surface area contributed by atoms with Gasteiger partial charge in [-0.15, -0.1) is 11.3 Å². The summed E-state index contributed by atoms with van der Waals surface area (Å²) in [5.41, 5.74) is 1.02. The van der Waals surface area contributed by atoms with E-state index >= 15 is 0 Å². The zero-order chi connectivity index (χ0) is 17.7. The number of ether oxygens (including phenoxy) is 1. The summed E-state index contributed by atoms with van der Waals surface area (Å²) >= 11 is 6.81. The number of nitrogens with one attached hydrogen (secondary N) is 1. The Hall–Kier alpha value is -2.38. The highest BCUT2D eigenvalue weighted by Gasteiger charge is 2.13. The van der Waals surface area contributed by atoms with Crippen molar-refractivity contribution >= 4 is 46.4 Å². The molecule has 1 aromatic carbocycles. The van der Waals surface area contributed by atoms with Gasteiger partial charge in [-0.05, 0) is 36.4 Å². The number of hydrogen-bond acceptors (Lipinski definition) is 5. The number of nitrogens with zero attached hydrogens (tertiary/aromatic N) is 1. The van der Waals surface area contributed by atoms with Crippen molar-refractivity contribution in [3.63, 3.8) is 0 Å². The molecule has 2 amide bonds. The lowest BCUT2D eigenvalue weighted by atomic mass is 10.2. The van der Waals surface area contributed by atoms with Gasteiger partial charge in [0.1, 0.15) is 4.88 Å². The number of esters is 1. The molecule has 0 aliphatic carbocycles. The van der Waals surface area contributed by atoms with Crippen LogP contribution in [-0.2, 0) is 9.53 Å². The maximum Gasteiger partial charge on any atom is 0.348 e. The van der Waals surface area contributed by atoms with Crippen molar-refractivity contribution in [3.8, 4) is 0 Å².